The van der Waals surface area contributed by atoms with Gasteiger partial charge in [-0.15, -0.1) is 0 Å². The molecule has 3 N–H and O–H groups in total. The highest BCUT2D eigenvalue weighted by atomic mass is 16.3. The second kappa shape index (κ2) is 6.52. The molecule has 0 amide bonds. The number of hydrogen-bond acceptors (Lipinski definition) is 5. The summed E-state index contributed by atoms with van der Waals surface area (Å²) in [4.78, 5) is 8.55. The van der Waals surface area contributed by atoms with Crippen molar-refractivity contribution < 1.29 is 10.2 Å². The molecule has 0 spiro atoms. The average Bonchev–Trinajstić information content (AvgIpc) is 2.30. The minimum atomic E-state index is -0.243. The molecular formula is C11H19N3O2. The lowest BCUT2D eigenvalue weighted by Crippen LogP contribution is -2.28. The first kappa shape index (κ1) is 13.0. The summed E-state index contributed by atoms with van der Waals surface area (Å²) in [5.74, 6) is 1.03. The molecule has 0 fully saturated rings. The smallest absolute Gasteiger partial charge is 0.131 e. The van der Waals surface area contributed by atoms with E-state index in [1.54, 1.807) is 12.3 Å². The van der Waals surface area contributed by atoms with Crippen LogP contribution in [0.4, 0.5) is 0 Å². The summed E-state index contributed by atoms with van der Waals surface area (Å²) in [6.07, 6.45) is 1.70. The van der Waals surface area contributed by atoms with E-state index in [4.69, 9.17) is 5.11 Å². The van der Waals surface area contributed by atoms with E-state index in [2.05, 4.69) is 15.3 Å². The molecule has 16 heavy (non-hydrogen) atoms. The Bertz CT molecular complexity index is 318. The monoisotopic (exact) mass is 225 g/mol. The number of aromatic nitrogens is 2. The Hall–Kier alpha value is -1.04. The maximum atomic E-state index is 9.23. The third-order valence-corrected chi connectivity index (χ3v) is 2.25. The summed E-state index contributed by atoms with van der Waals surface area (Å²) >= 11 is 0. The molecule has 0 bridgehead atoms. The normalized spacial score (nSPS) is 13.1. The zero-order valence-electron chi connectivity index (χ0n) is 9.72. The van der Waals surface area contributed by atoms with Gasteiger partial charge in [0.25, 0.3) is 0 Å². The molecule has 1 rings (SSSR count). The predicted octanol–water partition coefficient (Wildman–Crippen LogP) is 0.215. The van der Waals surface area contributed by atoms with Crippen LogP contribution in [0.1, 0.15) is 37.3 Å². The molecule has 1 heterocycles. The van der Waals surface area contributed by atoms with E-state index in [1.165, 1.54) is 0 Å². The van der Waals surface area contributed by atoms with Crippen molar-refractivity contribution in [1.82, 2.24) is 15.3 Å². The van der Waals surface area contributed by atoms with Gasteiger partial charge < -0.3 is 15.5 Å². The van der Waals surface area contributed by atoms with Crippen molar-refractivity contribution in [3.63, 3.8) is 0 Å². The first-order chi connectivity index (χ1) is 7.69. The lowest BCUT2D eigenvalue weighted by molar-refractivity contribution is 0.225. The molecule has 1 unspecified atom stereocenters. The molecule has 1 aromatic rings. The second-order valence-electron chi connectivity index (χ2n) is 3.91. The molecule has 5 heteroatoms. The lowest BCUT2D eigenvalue weighted by atomic mass is 10.1. The highest BCUT2D eigenvalue weighted by Gasteiger charge is 2.12. The molecule has 0 aliphatic carbocycles. The summed E-state index contributed by atoms with van der Waals surface area (Å²) in [7, 11) is 0. The van der Waals surface area contributed by atoms with Gasteiger partial charge in [0, 0.05) is 18.7 Å². The molecule has 5 nitrogen and oxygen atoms in total. The van der Waals surface area contributed by atoms with Gasteiger partial charge in [0.05, 0.1) is 24.9 Å². The van der Waals surface area contributed by atoms with Crippen LogP contribution in [0.15, 0.2) is 12.3 Å². The molecule has 1 aromatic heterocycles. The topological polar surface area (TPSA) is 78.3 Å². The highest BCUT2D eigenvalue weighted by Crippen LogP contribution is 2.13. The summed E-state index contributed by atoms with van der Waals surface area (Å²) in [5.41, 5.74) is 0.759. The minimum absolute atomic E-state index is 0.0403. The van der Waals surface area contributed by atoms with Gasteiger partial charge in [-0.3, -0.25) is 0 Å². The van der Waals surface area contributed by atoms with Gasteiger partial charge in [0.15, 0.2) is 0 Å². The first-order valence-electron chi connectivity index (χ1n) is 5.47. The third-order valence-electron chi connectivity index (χ3n) is 2.25. The van der Waals surface area contributed by atoms with Crippen LogP contribution in [-0.4, -0.2) is 39.9 Å². The van der Waals surface area contributed by atoms with E-state index in [-0.39, 0.29) is 25.2 Å². The van der Waals surface area contributed by atoms with Crippen molar-refractivity contribution in [3.8, 4) is 0 Å². The zero-order chi connectivity index (χ0) is 12.0. The van der Waals surface area contributed by atoms with E-state index in [0.29, 0.717) is 6.54 Å². The largest absolute Gasteiger partial charge is 0.395 e. The fraction of sp³-hybridized carbons (Fsp3) is 0.636. The summed E-state index contributed by atoms with van der Waals surface area (Å²) in [6.45, 7) is 4.47. The van der Waals surface area contributed by atoms with Crippen molar-refractivity contribution in [2.75, 3.05) is 19.8 Å². The lowest BCUT2D eigenvalue weighted by Gasteiger charge is -2.16. The molecule has 0 radical (unpaired) electrons. The molecule has 90 valence electrons. The third kappa shape index (κ3) is 3.52. The second-order valence-corrected chi connectivity index (χ2v) is 3.91. The van der Waals surface area contributed by atoms with Crippen LogP contribution < -0.4 is 5.32 Å². The zero-order valence-corrected chi connectivity index (χ0v) is 9.72. The van der Waals surface area contributed by atoms with Crippen LogP contribution in [0.5, 0.6) is 0 Å². The number of nitrogens with one attached hydrogen (secondary N) is 1. The van der Waals surface area contributed by atoms with E-state index in [1.807, 2.05) is 13.8 Å². The van der Waals surface area contributed by atoms with Crippen LogP contribution >= 0.6 is 0 Å². The van der Waals surface area contributed by atoms with Crippen molar-refractivity contribution in [2.24, 2.45) is 0 Å². The SMILES string of the molecule is CC(C)c1nccc(C(CO)NCCO)n1. The van der Waals surface area contributed by atoms with E-state index >= 15 is 0 Å². The van der Waals surface area contributed by atoms with E-state index in [9.17, 15) is 5.11 Å². The number of hydrogen-bond donors (Lipinski definition) is 3. The number of aliphatic hydroxyl groups is 2. The van der Waals surface area contributed by atoms with Gasteiger partial charge in [-0.25, -0.2) is 9.97 Å². The predicted molar refractivity (Wildman–Crippen MR) is 61.0 cm³/mol. The molecule has 0 aliphatic heterocycles. The van der Waals surface area contributed by atoms with E-state index < -0.39 is 0 Å². The van der Waals surface area contributed by atoms with Gasteiger partial charge in [-0.1, -0.05) is 13.8 Å². The first-order valence-corrected chi connectivity index (χ1v) is 5.47. The van der Waals surface area contributed by atoms with Crippen molar-refractivity contribution in [1.29, 1.82) is 0 Å². The average molecular weight is 225 g/mol. The molecule has 0 saturated heterocycles. The van der Waals surface area contributed by atoms with Crippen molar-refractivity contribution in [3.05, 3.63) is 23.8 Å². The van der Waals surface area contributed by atoms with Gasteiger partial charge in [0.2, 0.25) is 0 Å². The Labute approximate surface area is 95.6 Å². The Morgan fingerprint density at radius 1 is 1.38 bits per heavy atom. The van der Waals surface area contributed by atoms with Crippen LogP contribution in [0.3, 0.4) is 0 Å². The molecule has 1 atom stereocenters. The fourth-order valence-electron chi connectivity index (χ4n) is 1.36. The summed E-state index contributed by atoms with van der Waals surface area (Å²) in [5, 5.41) is 21.0. The highest BCUT2D eigenvalue weighted by molar-refractivity contribution is 5.09. The van der Waals surface area contributed by atoms with Crippen LogP contribution in [0, 0.1) is 0 Å². The molecule has 0 aromatic carbocycles. The van der Waals surface area contributed by atoms with Gasteiger partial charge >= 0.3 is 0 Å². The fourth-order valence-corrected chi connectivity index (χ4v) is 1.36. The van der Waals surface area contributed by atoms with Gasteiger partial charge in [-0.05, 0) is 6.07 Å². The Morgan fingerprint density at radius 2 is 2.12 bits per heavy atom. The van der Waals surface area contributed by atoms with E-state index in [0.717, 1.165) is 11.5 Å². The Morgan fingerprint density at radius 3 is 2.69 bits per heavy atom. The quantitative estimate of drug-likeness (QED) is 0.645. The molecule has 0 saturated carbocycles. The molecular weight excluding hydrogens is 206 g/mol. The van der Waals surface area contributed by atoms with Crippen molar-refractivity contribution >= 4 is 0 Å². The number of nitrogens with zero attached hydrogens (tertiary/aromatic N) is 2. The Balaban J connectivity index is 2.79. The van der Waals surface area contributed by atoms with Gasteiger partial charge in [-0.2, -0.15) is 0 Å². The standard InChI is InChI=1S/C11H19N3O2/c1-8(2)11-13-4-3-9(14-11)10(7-16)12-5-6-15/h3-4,8,10,12,15-16H,5-7H2,1-2H3. The van der Waals surface area contributed by atoms with Crippen LogP contribution in [0.2, 0.25) is 0 Å². The minimum Gasteiger partial charge on any atom is -0.395 e. The summed E-state index contributed by atoms with van der Waals surface area (Å²) in [6, 6.07) is 1.53. The van der Waals surface area contributed by atoms with Crippen LogP contribution in [-0.2, 0) is 0 Å². The van der Waals surface area contributed by atoms with Crippen LogP contribution in [0.25, 0.3) is 0 Å². The number of rotatable bonds is 6. The maximum absolute atomic E-state index is 9.23. The number of aliphatic hydroxyl groups excluding tert-OH is 2. The van der Waals surface area contributed by atoms with Crippen molar-refractivity contribution in [2.45, 2.75) is 25.8 Å². The molecule has 0 aliphatic rings. The summed E-state index contributed by atoms with van der Waals surface area (Å²) < 4.78 is 0. The maximum Gasteiger partial charge on any atom is 0.131 e. The van der Waals surface area contributed by atoms with Gasteiger partial charge in [0.1, 0.15) is 5.82 Å². The Kier molecular flexibility index (Phi) is 5.31.